The molecule has 0 saturated heterocycles. The van der Waals surface area contributed by atoms with Gasteiger partial charge in [-0.2, -0.15) is 0 Å². The van der Waals surface area contributed by atoms with Gasteiger partial charge in [0.2, 0.25) is 11.8 Å². The molecule has 31 heavy (non-hydrogen) atoms. The molecule has 2 rings (SSSR count). The lowest BCUT2D eigenvalue weighted by Crippen LogP contribution is -2.50. The van der Waals surface area contributed by atoms with E-state index < -0.39 is 6.04 Å². The van der Waals surface area contributed by atoms with Crippen molar-refractivity contribution in [3.63, 3.8) is 0 Å². The molecular formula is C23H26Cl4N2O2. The second-order valence-corrected chi connectivity index (χ2v) is 9.36. The maximum absolute atomic E-state index is 13.4. The summed E-state index contributed by atoms with van der Waals surface area (Å²) in [6.07, 6.45) is 0.412. The van der Waals surface area contributed by atoms with Crippen LogP contribution in [0.25, 0.3) is 0 Å². The van der Waals surface area contributed by atoms with Gasteiger partial charge in [0.05, 0.1) is 6.42 Å². The number of carbonyl (C=O) groups is 2. The predicted molar refractivity (Wildman–Crippen MR) is 129 cm³/mol. The van der Waals surface area contributed by atoms with E-state index >= 15 is 0 Å². The molecule has 0 spiro atoms. The van der Waals surface area contributed by atoms with Crippen LogP contribution in [0, 0.1) is 5.92 Å². The van der Waals surface area contributed by atoms with Crippen LogP contribution in [0.15, 0.2) is 36.4 Å². The lowest BCUT2D eigenvalue weighted by atomic mass is 10.1. The van der Waals surface area contributed by atoms with Gasteiger partial charge in [0.25, 0.3) is 0 Å². The number of halogens is 4. The van der Waals surface area contributed by atoms with Crippen molar-refractivity contribution >= 4 is 58.2 Å². The molecule has 0 fully saturated rings. The molecule has 0 aliphatic carbocycles. The normalized spacial score (nSPS) is 12.0. The van der Waals surface area contributed by atoms with Crippen LogP contribution in [0.4, 0.5) is 0 Å². The van der Waals surface area contributed by atoms with Crippen LogP contribution in [0.2, 0.25) is 20.1 Å². The van der Waals surface area contributed by atoms with E-state index in [0.717, 1.165) is 0 Å². The summed E-state index contributed by atoms with van der Waals surface area (Å²) in [6, 6.07) is 9.50. The van der Waals surface area contributed by atoms with E-state index in [1.165, 1.54) is 4.90 Å². The van der Waals surface area contributed by atoms with E-state index in [1.54, 1.807) is 36.4 Å². The van der Waals surface area contributed by atoms with Crippen LogP contribution in [-0.2, 0) is 22.6 Å². The Bertz CT molecular complexity index is 914. The number of benzene rings is 2. The van der Waals surface area contributed by atoms with Crippen molar-refractivity contribution in [1.82, 2.24) is 10.2 Å². The minimum atomic E-state index is -0.667. The van der Waals surface area contributed by atoms with Gasteiger partial charge in [-0.1, -0.05) is 79.3 Å². The zero-order valence-corrected chi connectivity index (χ0v) is 20.7. The predicted octanol–water partition coefficient (Wildman–Crippen LogP) is 6.42. The Balaban J connectivity index is 2.37. The fourth-order valence-electron chi connectivity index (χ4n) is 3.13. The lowest BCUT2D eigenvalue weighted by molar-refractivity contribution is -0.141. The van der Waals surface area contributed by atoms with E-state index in [-0.39, 0.29) is 24.8 Å². The smallest absolute Gasteiger partial charge is 0.242 e. The standard InChI is InChI=1S/C23H26Cl4N2O2/c1-4-21(23(31)28-12-14(2)3)29(13-15-8-9-16(24)10-20(15)27)22(30)11-17-18(25)6-5-7-19(17)26/h5-10,14,21H,4,11-13H2,1-3H3,(H,28,31). The molecule has 0 saturated carbocycles. The molecule has 0 aliphatic rings. The maximum Gasteiger partial charge on any atom is 0.242 e. The average Bonchev–Trinajstić information content (AvgIpc) is 2.70. The van der Waals surface area contributed by atoms with Crippen LogP contribution >= 0.6 is 46.4 Å². The molecule has 0 aromatic heterocycles. The summed E-state index contributed by atoms with van der Waals surface area (Å²) >= 11 is 24.9. The molecule has 0 aliphatic heterocycles. The lowest BCUT2D eigenvalue weighted by Gasteiger charge is -2.31. The van der Waals surface area contributed by atoms with Gasteiger partial charge < -0.3 is 10.2 Å². The molecule has 1 unspecified atom stereocenters. The maximum atomic E-state index is 13.4. The molecule has 0 radical (unpaired) electrons. The Hall–Kier alpha value is -1.46. The monoisotopic (exact) mass is 502 g/mol. The second-order valence-electron chi connectivity index (χ2n) is 7.70. The van der Waals surface area contributed by atoms with Gasteiger partial charge in [-0.25, -0.2) is 0 Å². The molecule has 1 atom stereocenters. The molecule has 168 valence electrons. The van der Waals surface area contributed by atoms with Gasteiger partial charge in [0.15, 0.2) is 0 Å². The van der Waals surface area contributed by atoms with E-state index in [4.69, 9.17) is 46.4 Å². The zero-order valence-electron chi connectivity index (χ0n) is 17.7. The molecule has 2 aromatic carbocycles. The Labute approximate surface area is 203 Å². The molecule has 2 aromatic rings. The molecule has 4 nitrogen and oxygen atoms in total. The Morgan fingerprint density at radius 3 is 2.19 bits per heavy atom. The first-order valence-corrected chi connectivity index (χ1v) is 11.6. The van der Waals surface area contributed by atoms with Gasteiger partial charge in [-0.3, -0.25) is 9.59 Å². The number of carbonyl (C=O) groups excluding carboxylic acids is 2. The van der Waals surface area contributed by atoms with Gasteiger partial charge in [-0.15, -0.1) is 0 Å². The molecule has 2 amide bonds. The number of amides is 2. The van der Waals surface area contributed by atoms with Gasteiger partial charge in [0, 0.05) is 33.2 Å². The fourth-order valence-corrected chi connectivity index (χ4v) is 4.13. The summed E-state index contributed by atoms with van der Waals surface area (Å²) in [5.41, 5.74) is 1.22. The summed E-state index contributed by atoms with van der Waals surface area (Å²) in [7, 11) is 0. The van der Waals surface area contributed by atoms with Crippen molar-refractivity contribution in [1.29, 1.82) is 0 Å². The molecular weight excluding hydrogens is 478 g/mol. The van der Waals surface area contributed by atoms with Crippen LogP contribution in [0.1, 0.15) is 38.3 Å². The summed E-state index contributed by atoms with van der Waals surface area (Å²) in [6.45, 7) is 6.57. The minimum absolute atomic E-state index is 0.0301. The van der Waals surface area contributed by atoms with Crippen LogP contribution < -0.4 is 5.32 Å². The number of rotatable bonds is 9. The largest absolute Gasteiger partial charge is 0.354 e. The highest BCUT2D eigenvalue weighted by molar-refractivity contribution is 6.36. The first kappa shape index (κ1) is 25.8. The van der Waals surface area contributed by atoms with E-state index in [1.807, 2.05) is 20.8 Å². The third kappa shape index (κ3) is 7.28. The summed E-state index contributed by atoms with van der Waals surface area (Å²) < 4.78 is 0. The Morgan fingerprint density at radius 2 is 1.65 bits per heavy atom. The van der Waals surface area contributed by atoms with Crippen molar-refractivity contribution in [2.24, 2.45) is 5.92 Å². The first-order chi connectivity index (χ1) is 14.6. The summed E-state index contributed by atoms with van der Waals surface area (Å²) in [4.78, 5) is 27.9. The highest BCUT2D eigenvalue weighted by Gasteiger charge is 2.30. The van der Waals surface area contributed by atoms with E-state index in [9.17, 15) is 9.59 Å². The first-order valence-electron chi connectivity index (χ1n) is 10.1. The highest BCUT2D eigenvalue weighted by Crippen LogP contribution is 2.27. The number of hydrogen-bond acceptors (Lipinski definition) is 2. The third-order valence-electron chi connectivity index (χ3n) is 4.82. The zero-order chi connectivity index (χ0) is 23.1. The topological polar surface area (TPSA) is 49.4 Å². The SMILES string of the molecule is CCC(C(=O)NCC(C)C)N(Cc1ccc(Cl)cc1Cl)C(=O)Cc1c(Cl)cccc1Cl. The van der Waals surface area contributed by atoms with Crippen molar-refractivity contribution in [3.8, 4) is 0 Å². The van der Waals surface area contributed by atoms with Crippen molar-refractivity contribution < 1.29 is 9.59 Å². The second kappa shape index (κ2) is 12.0. The molecule has 8 heteroatoms. The van der Waals surface area contributed by atoms with Gasteiger partial charge >= 0.3 is 0 Å². The minimum Gasteiger partial charge on any atom is -0.354 e. The summed E-state index contributed by atoms with van der Waals surface area (Å²) in [5, 5.41) is 4.66. The van der Waals surface area contributed by atoms with Crippen molar-refractivity contribution in [3.05, 3.63) is 67.6 Å². The Morgan fingerprint density at radius 1 is 1.00 bits per heavy atom. The van der Waals surface area contributed by atoms with Crippen molar-refractivity contribution in [2.45, 2.75) is 46.2 Å². The molecule has 0 bridgehead atoms. The average molecular weight is 504 g/mol. The van der Waals surface area contributed by atoms with E-state index in [2.05, 4.69) is 5.32 Å². The fraction of sp³-hybridized carbons (Fsp3) is 0.391. The number of nitrogens with zero attached hydrogens (tertiary/aromatic N) is 1. The molecule has 1 N–H and O–H groups in total. The number of nitrogens with one attached hydrogen (secondary N) is 1. The third-order valence-corrected chi connectivity index (χ3v) is 6.11. The van der Waals surface area contributed by atoms with Gasteiger partial charge in [-0.05, 0) is 47.7 Å². The van der Waals surface area contributed by atoms with Crippen LogP contribution in [0.3, 0.4) is 0 Å². The van der Waals surface area contributed by atoms with Crippen LogP contribution in [-0.4, -0.2) is 29.3 Å². The van der Waals surface area contributed by atoms with Crippen molar-refractivity contribution in [2.75, 3.05) is 6.54 Å². The van der Waals surface area contributed by atoms with Crippen LogP contribution in [0.5, 0.6) is 0 Å². The van der Waals surface area contributed by atoms with Gasteiger partial charge in [0.1, 0.15) is 6.04 Å². The Kier molecular flexibility index (Phi) is 9.95. The van der Waals surface area contributed by atoms with E-state index in [0.29, 0.717) is 50.1 Å². The highest BCUT2D eigenvalue weighted by atomic mass is 35.5. The molecule has 0 heterocycles. The summed E-state index contributed by atoms with van der Waals surface area (Å²) in [5.74, 6) is -0.189. The quantitative estimate of drug-likeness (QED) is 0.429. The number of hydrogen-bond donors (Lipinski definition) is 1.